The number of benzene rings is 1. The number of fused-ring (bicyclic) bond motifs is 1. The van der Waals surface area contributed by atoms with Crippen LogP contribution in [0.4, 0.5) is 5.82 Å². The minimum atomic E-state index is -0.974. The van der Waals surface area contributed by atoms with Crippen molar-refractivity contribution in [1.82, 2.24) is 19.7 Å². The summed E-state index contributed by atoms with van der Waals surface area (Å²) in [6, 6.07) is 13.9. The number of carbonyl (C=O) groups is 2. The number of rotatable bonds is 8. The van der Waals surface area contributed by atoms with Gasteiger partial charge in [0, 0.05) is 31.0 Å². The molecule has 37 heavy (non-hydrogen) atoms. The Balaban J connectivity index is 1.26. The van der Waals surface area contributed by atoms with Crippen molar-refractivity contribution in [2.24, 2.45) is 5.92 Å². The maximum atomic E-state index is 13.6. The van der Waals surface area contributed by atoms with Gasteiger partial charge in [0.2, 0.25) is 5.91 Å². The molecule has 194 valence electrons. The predicted molar refractivity (Wildman–Crippen MR) is 142 cm³/mol. The molecule has 1 fully saturated rings. The van der Waals surface area contributed by atoms with E-state index in [-0.39, 0.29) is 12.3 Å². The van der Waals surface area contributed by atoms with Crippen molar-refractivity contribution in [1.29, 1.82) is 0 Å². The van der Waals surface area contributed by atoms with Gasteiger partial charge in [-0.2, -0.15) is 5.10 Å². The first kappa shape index (κ1) is 25.0. The number of nitrogens with one attached hydrogen (secondary N) is 1. The number of anilines is 1. The summed E-state index contributed by atoms with van der Waals surface area (Å²) >= 11 is 0. The van der Waals surface area contributed by atoms with Gasteiger partial charge in [-0.15, -0.1) is 0 Å². The van der Waals surface area contributed by atoms with Crippen molar-refractivity contribution < 1.29 is 14.7 Å². The largest absolute Gasteiger partial charge is 0.481 e. The summed E-state index contributed by atoms with van der Waals surface area (Å²) in [7, 11) is 0. The van der Waals surface area contributed by atoms with Crippen LogP contribution < -0.4 is 5.32 Å². The smallest absolute Gasteiger partial charge is 0.304 e. The highest BCUT2D eigenvalue weighted by atomic mass is 16.4. The number of aliphatic carboxylic acids is 1. The standard InChI is InChI=1S/C29H35N5O3/c1-19-15-20(2)34(32-19)25-7-3-5-23(16-25)26(17-27(35)36)29(37)33-14-12-21(18-33)8-10-24-11-9-22-6-4-13-30-28(22)31-24/h3,5,7,9,11,15-16,21,26H,4,6,8,10,12-14,17-18H2,1-2H3,(H,30,31)(H,35,36)/t21-,26?/m1/s1. The predicted octanol–water partition coefficient (Wildman–Crippen LogP) is 4.28. The van der Waals surface area contributed by atoms with Crippen LogP contribution in [0, 0.1) is 19.8 Å². The number of aromatic nitrogens is 3. The van der Waals surface area contributed by atoms with Gasteiger partial charge in [0.05, 0.1) is 23.7 Å². The number of aryl methyl sites for hydroxylation is 4. The van der Waals surface area contributed by atoms with Crippen LogP contribution in [0.1, 0.15) is 59.8 Å². The molecule has 1 aromatic carbocycles. The Hall–Kier alpha value is -3.68. The molecule has 0 aliphatic carbocycles. The van der Waals surface area contributed by atoms with Crippen molar-refractivity contribution in [3.63, 3.8) is 0 Å². The Kier molecular flexibility index (Phi) is 7.26. The molecule has 2 N–H and O–H groups in total. The average molecular weight is 502 g/mol. The Morgan fingerprint density at radius 2 is 2.05 bits per heavy atom. The van der Waals surface area contributed by atoms with Gasteiger partial charge in [-0.3, -0.25) is 9.59 Å². The van der Waals surface area contributed by atoms with Crippen LogP contribution in [0.3, 0.4) is 0 Å². The normalized spacial score (nSPS) is 17.8. The number of likely N-dealkylation sites (tertiary alicyclic amines) is 1. The van der Waals surface area contributed by atoms with E-state index in [4.69, 9.17) is 4.98 Å². The summed E-state index contributed by atoms with van der Waals surface area (Å²) in [6.07, 6.45) is 4.78. The number of carboxylic acid groups (broad SMARTS) is 1. The number of amides is 1. The van der Waals surface area contributed by atoms with Crippen LogP contribution in [-0.4, -0.2) is 56.3 Å². The molecule has 2 aliphatic heterocycles. The first-order chi connectivity index (χ1) is 17.9. The number of pyridine rings is 1. The van der Waals surface area contributed by atoms with Crippen LogP contribution in [0.15, 0.2) is 42.5 Å². The first-order valence-electron chi connectivity index (χ1n) is 13.2. The summed E-state index contributed by atoms with van der Waals surface area (Å²) in [5.41, 5.74) is 5.82. The van der Waals surface area contributed by atoms with E-state index in [1.165, 1.54) is 5.56 Å². The fourth-order valence-corrected chi connectivity index (χ4v) is 5.63. The molecular weight excluding hydrogens is 466 g/mol. The summed E-state index contributed by atoms with van der Waals surface area (Å²) < 4.78 is 1.83. The number of carbonyl (C=O) groups excluding carboxylic acids is 1. The van der Waals surface area contributed by atoms with Crippen molar-refractivity contribution in [3.8, 4) is 5.69 Å². The maximum Gasteiger partial charge on any atom is 0.304 e. The molecule has 2 atom stereocenters. The van der Waals surface area contributed by atoms with E-state index in [1.54, 1.807) is 0 Å². The van der Waals surface area contributed by atoms with Crippen molar-refractivity contribution >= 4 is 17.7 Å². The van der Waals surface area contributed by atoms with Crippen molar-refractivity contribution in [2.45, 2.75) is 58.3 Å². The highest BCUT2D eigenvalue weighted by molar-refractivity contribution is 5.88. The van der Waals surface area contributed by atoms with Crippen LogP contribution in [0.25, 0.3) is 5.69 Å². The zero-order valence-corrected chi connectivity index (χ0v) is 21.6. The lowest BCUT2D eigenvalue weighted by Gasteiger charge is -2.23. The third-order valence-electron chi connectivity index (χ3n) is 7.56. The van der Waals surface area contributed by atoms with Crippen LogP contribution >= 0.6 is 0 Å². The summed E-state index contributed by atoms with van der Waals surface area (Å²) in [5.74, 6) is -0.391. The molecule has 0 bridgehead atoms. The molecule has 0 spiro atoms. The van der Waals surface area contributed by atoms with Gasteiger partial charge < -0.3 is 15.3 Å². The second kappa shape index (κ2) is 10.7. The molecule has 8 heteroatoms. The van der Waals surface area contributed by atoms with E-state index in [0.717, 1.165) is 67.2 Å². The lowest BCUT2D eigenvalue weighted by Crippen LogP contribution is -2.34. The van der Waals surface area contributed by atoms with Crippen LogP contribution in [0.2, 0.25) is 0 Å². The zero-order chi connectivity index (χ0) is 25.9. The Morgan fingerprint density at radius 3 is 2.84 bits per heavy atom. The highest BCUT2D eigenvalue weighted by Gasteiger charge is 2.33. The summed E-state index contributed by atoms with van der Waals surface area (Å²) in [5, 5.41) is 17.6. The molecule has 2 aliphatic rings. The average Bonchev–Trinajstić information content (AvgIpc) is 3.51. The fourth-order valence-electron chi connectivity index (χ4n) is 5.63. The minimum Gasteiger partial charge on any atom is -0.481 e. The molecule has 4 heterocycles. The van der Waals surface area contributed by atoms with Gasteiger partial charge in [-0.25, -0.2) is 9.67 Å². The molecule has 3 aromatic rings. The molecule has 0 saturated carbocycles. The van der Waals surface area contributed by atoms with Gasteiger partial charge in [0.1, 0.15) is 5.82 Å². The molecule has 5 rings (SSSR count). The second-order valence-corrected chi connectivity index (χ2v) is 10.4. The van der Waals surface area contributed by atoms with Crippen molar-refractivity contribution in [3.05, 3.63) is 70.7 Å². The Morgan fingerprint density at radius 1 is 1.19 bits per heavy atom. The summed E-state index contributed by atoms with van der Waals surface area (Å²) in [4.78, 5) is 32.0. The quantitative estimate of drug-likeness (QED) is 0.478. The highest BCUT2D eigenvalue weighted by Crippen LogP contribution is 2.30. The number of nitrogens with zero attached hydrogens (tertiary/aromatic N) is 4. The Labute approximate surface area is 217 Å². The van der Waals surface area contributed by atoms with Crippen LogP contribution in [0.5, 0.6) is 0 Å². The third kappa shape index (κ3) is 5.68. The van der Waals surface area contributed by atoms with E-state index in [1.807, 2.05) is 53.8 Å². The lowest BCUT2D eigenvalue weighted by atomic mass is 9.93. The molecule has 0 radical (unpaired) electrons. The fraction of sp³-hybridized carbons (Fsp3) is 0.448. The molecule has 8 nitrogen and oxygen atoms in total. The van der Waals surface area contributed by atoms with Crippen molar-refractivity contribution in [2.75, 3.05) is 25.0 Å². The van der Waals surface area contributed by atoms with E-state index in [9.17, 15) is 14.7 Å². The van der Waals surface area contributed by atoms with Gasteiger partial charge in [-0.05, 0) is 87.3 Å². The third-order valence-corrected chi connectivity index (χ3v) is 7.56. The lowest BCUT2D eigenvalue weighted by molar-refractivity contribution is -0.141. The maximum absolute atomic E-state index is 13.6. The monoisotopic (exact) mass is 501 g/mol. The minimum absolute atomic E-state index is 0.105. The topological polar surface area (TPSA) is 100 Å². The van der Waals surface area contributed by atoms with Gasteiger partial charge in [-0.1, -0.05) is 18.2 Å². The molecule has 2 aromatic heterocycles. The van der Waals surface area contributed by atoms with E-state index in [2.05, 4.69) is 22.5 Å². The molecule has 1 saturated heterocycles. The van der Waals surface area contributed by atoms with E-state index in [0.29, 0.717) is 24.6 Å². The molecular formula is C29H35N5O3. The van der Waals surface area contributed by atoms with E-state index >= 15 is 0 Å². The zero-order valence-electron chi connectivity index (χ0n) is 21.6. The summed E-state index contributed by atoms with van der Waals surface area (Å²) in [6.45, 7) is 6.22. The number of hydrogen-bond donors (Lipinski definition) is 2. The SMILES string of the molecule is Cc1cc(C)n(-c2cccc(C(CC(=O)O)C(=O)N3CC[C@@H](CCc4ccc5c(n4)NCCC5)C3)c2)n1. The number of carboxylic acids is 1. The van der Waals surface area contributed by atoms with Gasteiger partial charge in [0.15, 0.2) is 0 Å². The molecule has 1 unspecified atom stereocenters. The number of hydrogen-bond acceptors (Lipinski definition) is 5. The van der Waals surface area contributed by atoms with E-state index < -0.39 is 11.9 Å². The Bertz CT molecular complexity index is 1300. The van der Waals surface area contributed by atoms with Crippen LogP contribution in [-0.2, 0) is 22.4 Å². The second-order valence-electron chi connectivity index (χ2n) is 10.4. The van der Waals surface area contributed by atoms with Gasteiger partial charge in [0.25, 0.3) is 0 Å². The van der Waals surface area contributed by atoms with Gasteiger partial charge >= 0.3 is 5.97 Å². The first-order valence-corrected chi connectivity index (χ1v) is 13.2. The molecule has 1 amide bonds.